The van der Waals surface area contributed by atoms with Gasteiger partial charge < -0.3 is 19.2 Å². The van der Waals surface area contributed by atoms with Crippen LogP contribution in [0.2, 0.25) is 0 Å². The monoisotopic (exact) mass is 287 g/mol. The van der Waals surface area contributed by atoms with E-state index in [0.717, 1.165) is 36.6 Å². The third-order valence-corrected chi connectivity index (χ3v) is 3.67. The van der Waals surface area contributed by atoms with E-state index in [9.17, 15) is 0 Å². The summed E-state index contributed by atoms with van der Waals surface area (Å²) in [5.41, 5.74) is 1.21. The average Bonchev–Trinajstić information content (AvgIpc) is 3.04. The van der Waals surface area contributed by atoms with Crippen LogP contribution in [0.5, 0.6) is 11.5 Å². The molecule has 0 bridgehead atoms. The number of rotatable bonds is 6. The van der Waals surface area contributed by atoms with Crippen molar-refractivity contribution in [1.29, 1.82) is 0 Å². The van der Waals surface area contributed by atoms with Crippen LogP contribution in [0.3, 0.4) is 0 Å². The van der Waals surface area contributed by atoms with Gasteiger partial charge in [-0.25, -0.2) is 0 Å². The van der Waals surface area contributed by atoms with Crippen LogP contribution in [0.25, 0.3) is 0 Å². The second kappa shape index (κ2) is 6.68. The first-order valence-corrected chi connectivity index (χ1v) is 7.45. The van der Waals surface area contributed by atoms with Crippen molar-refractivity contribution in [3.63, 3.8) is 0 Å². The normalized spacial score (nSPS) is 14.9. The van der Waals surface area contributed by atoms with Gasteiger partial charge in [-0.2, -0.15) is 0 Å². The van der Waals surface area contributed by atoms with E-state index in [2.05, 4.69) is 24.4 Å². The molecule has 1 aliphatic heterocycles. The predicted molar refractivity (Wildman–Crippen MR) is 80.8 cm³/mol. The van der Waals surface area contributed by atoms with Gasteiger partial charge in [0.2, 0.25) is 0 Å². The fourth-order valence-electron chi connectivity index (χ4n) is 2.41. The van der Waals surface area contributed by atoms with E-state index in [-0.39, 0.29) is 0 Å². The maximum atomic E-state index is 5.60. The lowest BCUT2D eigenvalue weighted by Crippen LogP contribution is -2.26. The molecule has 1 atom stereocenters. The van der Waals surface area contributed by atoms with Crippen molar-refractivity contribution in [2.24, 2.45) is 0 Å². The molecule has 4 heteroatoms. The van der Waals surface area contributed by atoms with Crippen LogP contribution >= 0.6 is 0 Å². The Hall–Kier alpha value is -1.94. The molecule has 4 nitrogen and oxygen atoms in total. The lowest BCUT2D eigenvalue weighted by molar-refractivity contribution is 0.171. The van der Waals surface area contributed by atoms with Crippen molar-refractivity contribution in [2.45, 2.75) is 32.4 Å². The highest BCUT2D eigenvalue weighted by atomic mass is 16.6. The molecule has 21 heavy (non-hydrogen) atoms. The van der Waals surface area contributed by atoms with Crippen molar-refractivity contribution in [3.05, 3.63) is 47.9 Å². The molecule has 0 saturated carbocycles. The summed E-state index contributed by atoms with van der Waals surface area (Å²) < 4.78 is 16.5. The van der Waals surface area contributed by atoms with Crippen LogP contribution in [-0.2, 0) is 13.0 Å². The van der Waals surface area contributed by atoms with Gasteiger partial charge in [-0.15, -0.1) is 0 Å². The topological polar surface area (TPSA) is 43.6 Å². The quantitative estimate of drug-likeness (QED) is 0.886. The lowest BCUT2D eigenvalue weighted by atomic mass is 10.1. The molecular weight excluding hydrogens is 266 g/mol. The van der Waals surface area contributed by atoms with Gasteiger partial charge in [-0.1, -0.05) is 6.07 Å². The van der Waals surface area contributed by atoms with Crippen molar-refractivity contribution in [1.82, 2.24) is 5.32 Å². The molecule has 1 aliphatic rings. The fraction of sp³-hybridized carbons (Fsp3) is 0.412. The highest BCUT2D eigenvalue weighted by molar-refractivity contribution is 5.43. The molecule has 0 amide bonds. The molecular formula is C17H21NO3. The number of hydrogen-bond acceptors (Lipinski definition) is 4. The molecule has 3 rings (SSSR count). The van der Waals surface area contributed by atoms with Gasteiger partial charge in [-0.3, -0.25) is 0 Å². The zero-order valence-electron chi connectivity index (χ0n) is 12.3. The number of fused-ring (bicyclic) bond motifs is 1. The number of ether oxygens (including phenoxy) is 2. The smallest absolute Gasteiger partial charge is 0.161 e. The number of benzene rings is 1. The van der Waals surface area contributed by atoms with Gasteiger partial charge in [0.15, 0.2) is 11.5 Å². The molecule has 1 aromatic carbocycles. The zero-order valence-corrected chi connectivity index (χ0v) is 12.3. The summed E-state index contributed by atoms with van der Waals surface area (Å²) in [5.74, 6) is 2.74. The maximum absolute atomic E-state index is 5.60. The minimum Gasteiger partial charge on any atom is -0.486 e. The first kappa shape index (κ1) is 14.0. The highest BCUT2D eigenvalue weighted by Crippen LogP contribution is 2.30. The van der Waals surface area contributed by atoms with Crippen molar-refractivity contribution in [2.75, 3.05) is 13.2 Å². The van der Waals surface area contributed by atoms with Gasteiger partial charge in [0, 0.05) is 19.0 Å². The molecule has 1 unspecified atom stereocenters. The van der Waals surface area contributed by atoms with Gasteiger partial charge in [0.25, 0.3) is 0 Å². The molecule has 0 saturated heterocycles. The maximum Gasteiger partial charge on any atom is 0.161 e. The van der Waals surface area contributed by atoms with Crippen LogP contribution in [0.4, 0.5) is 0 Å². The Morgan fingerprint density at radius 1 is 1.14 bits per heavy atom. The number of aryl methyl sites for hydroxylation is 1. The van der Waals surface area contributed by atoms with Crippen molar-refractivity contribution >= 4 is 0 Å². The van der Waals surface area contributed by atoms with E-state index in [1.807, 2.05) is 18.2 Å². The van der Waals surface area contributed by atoms with Crippen LogP contribution in [0.15, 0.2) is 41.0 Å². The second-order valence-electron chi connectivity index (χ2n) is 5.38. The molecule has 0 radical (unpaired) electrons. The SMILES string of the molecule is CC(CCc1ccco1)NCc1ccc2c(c1)OCCO2. The number of nitrogens with one attached hydrogen (secondary N) is 1. The van der Waals surface area contributed by atoms with Crippen molar-refractivity contribution < 1.29 is 13.9 Å². The minimum absolute atomic E-state index is 0.434. The molecule has 2 heterocycles. The van der Waals surface area contributed by atoms with Crippen LogP contribution in [0.1, 0.15) is 24.7 Å². The van der Waals surface area contributed by atoms with Gasteiger partial charge in [-0.05, 0) is 43.2 Å². The van der Waals surface area contributed by atoms with Gasteiger partial charge >= 0.3 is 0 Å². The Bertz CT molecular complexity index is 565. The molecule has 1 N–H and O–H groups in total. The molecule has 0 aliphatic carbocycles. The Labute approximate surface area is 125 Å². The second-order valence-corrected chi connectivity index (χ2v) is 5.38. The summed E-state index contributed by atoms with van der Waals surface area (Å²) in [4.78, 5) is 0. The fourth-order valence-corrected chi connectivity index (χ4v) is 2.41. The van der Waals surface area contributed by atoms with E-state index in [0.29, 0.717) is 19.3 Å². The molecule has 112 valence electrons. The summed E-state index contributed by atoms with van der Waals surface area (Å²) >= 11 is 0. The molecule has 1 aromatic heterocycles. The lowest BCUT2D eigenvalue weighted by Gasteiger charge is -2.19. The standard InChI is InChI=1S/C17H21NO3/c1-13(4-6-15-3-2-8-19-15)18-12-14-5-7-16-17(11-14)21-10-9-20-16/h2-3,5,7-8,11,13,18H,4,6,9-10,12H2,1H3. The molecule has 2 aromatic rings. The summed E-state index contributed by atoms with van der Waals surface area (Å²) in [7, 11) is 0. The van der Waals surface area contributed by atoms with E-state index in [1.54, 1.807) is 6.26 Å². The molecule has 0 spiro atoms. The van der Waals surface area contributed by atoms with E-state index >= 15 is 0 Å². The highest BCUT2D eigenvalue weighted by Gasteiger charge is 2.12. The summed E-state index contributed by atoms with van der Waals surface area (Å²) in [6.07, 6.45) is 3.74. The van der Waals surface area contributed by atoms with Crippen LogP contribution in [-0.4, -0.2) is 19.3 Å². The Morgan fingerprint density at radius 2 is 2.00 bits per heavy atom. The summed E-state index contributed by atoms with van der Waals surface area (Å²) in [5, 5.41) is 3.53. The Morgan fingerprint density at radius 3 is 2.81 bits per heavy atom. The summed E-state index contributed by atoms with van der Waals surface area (Å²) in [6.45, 7) is 4.29. The summed E-state index contributed by atoms with van der Waals surface area (Å²) in [6, 6.07) is 10.5. The Balaban J connectivity index is 1.48. The van der Waals surface area contributed by atoms with E-state index in [1.165, 1.54) is 5.56 Å². The van der Waals surface area contributed by atoms with E-state index < -0.39 is 0 Å². The Kier molecular flexibility index (Phi) is 4.46. The van der Waals surface area contributed by atoms with Gasteiger partial charge in [0.05, 0.1) is 6.26 Å². The average molecular weight is 287 g/mol. The number of hydrogen-bond donors (Lipinski definition) is 1. The third-order valence-electron chi connectivity index (χ3n) is 3.67. The first-order valence-electron chi connectivity index (χ1n) is 7.45. The van der Waals surface area contributed by atoms with Gasteiger partial charge in [0.1, 0.15) is 19.0 Å². The third kappa shape index (κ3) is 3.79. The van der Waals surface area contributed by atoms with Crippen molar-refractivity contribution in [3.8, 4) is 11.5 Å². The van der Waals surface area contributed by atoms with Crippen LogP contribution in [0, 0.1) is 0 Å². The largest absolute Gasteiger partial charge is 0.486 e. The number of furan rings is 1. The van der Waals surface area contributed by atoms with Crippen LogP contribution < -0.4 is 14.8 Å². The minimum atomic E-state index is 0.434. The first-order chi connectivity index (χ1) is 10.3. The van der Waals surface area contributed by atoms with E-state index in [4.69, 9.17) is 13.9 Å². The zero-order chi connectivity index (χ0) is 14.5. The molecule has 0 fully saturated rings. The predicted octanol–water partition coefficient (Wildman–Crippen LogP) is 3.16.